The van der Waals surface area contributed by atoms with Crippen LogP contribution in [0.25, 0.3) is 0 Å². The van der Waals surface area contributed by atoms with Crippen LogP contribution >= 0.6 is 0 Å². The standard InChI is InChI=1S/C11H14O2/c1-9(7-12)11(8-13)10-5-3-2-4-6-10/h2-6,8-9,11-12H,7H2,1H3. The summed E-state index contributed by atoms with van der Waals surface area (Å²) < 4.78 is 0. The van der Waals surface area contributed by atoms with Crippen LogP contribution < -0.4 is 0 Å². The van der Waals surface area contributed by atoms with Crippen molar-refractivity contribution >= 4 is 6.29 Å². The fourth-order valence-corrected chi connectivity index (χ4v) is 1.33. The van der Waals surface area contributed by atoms with E-state index in [-0.39, 0.29) is 18.4 Å². The first-order chi connectivity index (χ1) is 6.29. The van der Waals surface area contributed by atoms with Crippen LogP contribution in [0.5, 0.6) is 0 Å². The predicted octanol–water partition coefficient (Wildman–Crippen LogP) is 1.60. The zero-order valence-electron chi connectivity index (χ0n) is 7.68. The van der Waals surface area contributed by atoms with Crippen molar-refractivity contribution in [2.24, 2.45) is 5.92 Å². The Morgan fingerprint density at radius 1 is 1.38 bits per heavy atom. The van der Waals surface area contributed by atoms with Gasteiger partial charge in [-0.3, -0.25) is 0 Å². The van der Waals surface area contributed by atoms with Crippen molar-refractivity contribution in [1.82, 2.24) is 0 Å². The van der Waals surface area contributed by atoms with Crippen molar-refractivity contribution in [3.8, 4) is 0 Å². The van der Waals surface area contributed by atoms with Crippen LogP contribution in [-0.4, -0.2) is 18.0 Å². The summed E-state index contributed by atoms with van der Waals surface area (Å²) >= 11 is 0. The van der Waals surface area contributed by atoms with Gasteiger partial charge in [0.2, 0.25) is 0 Å². The van der Waals surface area contributed by atoms with E-state index in [4.69, 9.17) is 5.11 Å². The highest BCUT2D eigenvalue weighted by atomic mass is 16.3. The lowest BCUT2D eigenvalue weighted by Crippen LogP contribution is -2.14. The van der Waals surface area contributed by atoms with Gasteiger partial charge in [-0.25, -0.2) is 0 Å². The second-order valence-corrected chi connectivity index (χ2v) is 3.23. The van der Waals surface area contributed by atoms with Crippen molar-refractivity contribution in [3.63, 3.8) is 0 Å². The SMILES string of the molecule is CC(CO)C(C=O)c1ccccc1. The molecule has 0 aliphatic carbocycles. The first-order valence-corrected chi connectivity index (χ1v) is 4.40. The van der Waals surface area contributed by atoms with Gasteiger partial charge in [-0.2, -0.15) is 0 Å². The van der Waals surface area contributed by atoms with Gasteiger partial charge < -0.3 is 9.90 Å². The molecule has 0 fully saturated rings. The Labute approximate surface area is 78.2 Å². The number of aliphatic hydroxyl groups excluding tert-OH is 1. The van der Waals surface area contributed by atoms with E-state index in [0.29, 0.717) is 0 Å². The summed E-state index contributed by atoms with van der Waals surface area (Å²) in [5.41, 5.74) is 0.971. The molecule has 2 nitrogen and oxygen atoms in total. The van der Waals surface area contributed by atoms with Gasteiger partial charge in [0, 0.05) is 12.5 Å². The van der Waals surface area contributed by atoms with Crippen molar-refractivity contribution in [2.75, 3.05) is 6.61 Å². The smallest absolute Gasteiger partial charge is 0.127 e. The van der Waals surface area contributed by atoms with Crippen molar-refractivity contribution in [2.45, 2.75) is 12.8 Å². The van der Waals surface area contributed by atoms with Gasteiger partial charge in [0.25, 0.3) is 0 Å². The quantitative estimate of drug-likeness (QED) is 0.711. The summed E-state index contributed by atoms with van der Waals surface area (Å²) in [4.78, 5) is 10.8. The molecule has 0 heterocycles. The first-order valence-electron chi connectivity index (χ1n) is 4.40. The monoisotopic (exact) mass is 178 g/mol. The molecule has 0 aromatic heterocycles. The normalized spacial score (nSPS) is 14.9. The Morgan fingerprint density at radius 2 is 2.00 bits per heavy atom. The average molecular weight is 178 g/mol. The number of aldehydes is 1. The lowest BCUT2D eigenvalue weighted by atomic mass is 9.89. The lowest BCUT2D eigenvalue weighted by Gasteiger charge is -2.16. The van der Waals surface area contributed by atoms with Crippen LogP contribution in [0, 0.1) is 5.92 Å². The van der Waals surface area contributed by atoms with Crippen molar-refractivity contribution in [3.05, 3.63) is 35.9 Å². The molecular formula is C11H14O2. The van der Waals surface area contributed by atoms with E-state index >= 15 is 0 Å². The Hall–Kier alpha value is -1.15. The maximum Gasteiger partial charge on any atom is 0.127 e. The molecule has 0 saturated heterocycles. The molecule has 1 N–H and O–H groups in total. The summed E-state index contributed by atoms with van der Waals surface area (Å²) in [6.45, 7) is 1.91. The molecule has 0 aliphatic rings. The molecule has 1 aromatic carbocycles. The van der Waals surface area contributed by atoms with Gasteiger partial charge in [-0.1, -0.05) is 37.3 Å². The first kappa shape index (κ1) is 9.93. The molecule has 13 heavy (non-hydrogen) atoms. The van der Waals surface area contributed by atoms with Gasteiger partial charge >= 0.3 is 0 Å². The number of hydrogen-bond donors (Lipinski definition) is 1. The molecule has 0 amide bonds. The third-order valence-corrected chi connectivity index (χ3v) is 2.23. The Kier molecular flexibility index (Phi) is 3.65. The fraction of sp³-hybridized carbons (Fsp3) is 0.364. The summed E-state index contributed by atoms with van der Waals surface area (Å²) in [7, 11) is 0. The third-order valence-electron chi connectivity index (χ3n) is 2.23. The molecule has 0 spiro atoms. The van der Waals surface area contributed by atoms with Crippen LogP contribution in [0.1, 0.15) is 18.4 Å². The summed E-state index contributed by atoms with van der Waals surface area (Å²) in [5, 5.41) is 8.94. The molecule has 0 bridgehead atoms. The van der Waals surface area contributed by atoms with Crippen LogP contribution in [0.15, 0.2) is 30.3 Å². The van der Waals surface area contributed by atoms with Crippen LogP contribution in [0.3, 0.4) is 0 Å². The molecular weight excluding hydrogens is 164 g/mol. The van der Waals surface area contributed by atoms with Crippen LogP contribution in [0.4, 0.5) is 0 Å². The van der Waals surface area contributed by atoms with Crippen molar-refractivity contribution < 1.29 is 9.90 Å². The second kappa shape index (κ2) is 4.77. The van der Waals surface area contributed by atoms with Crippen LogP contribution in [-0.2, 0) is 4.79 Å². The van der Waals surface area contributed by atoms with E-state index in [9.17, 15) is 4.79 Å². The van der Waals surface area contributed by atoms with E-state index < -0.39 is 0 Å². The fourth-order valence-electron chi connectivity index (χ4n) is 1.33. The van der Waals surface area contributed by atoms with Crippen LogP contribution in [0.2, 0.25) is 0 Å². The number of hydrogen-bond acceptors (Lipinski definition) is 2. The molecule has 0 aliphatic heterocycles. The molecule has 70 valence electrons. The highest BCUT2D eigenvalue weighted by Gasteiger charge is 2.16. The van der Waals surface area contributed by atoms with E-state index in [1.165, 1.54) is 0 Å². The van der Waals surface area contributed by atoms with Gasteiger partial charge in [0.05, 0.1) is 0 Å². The number of aliphatic hydroxyl groups is 1. The minimum Gasteiger partial charge on any atom is -0.396 e. The lowest BCUT2D eigenvalue weighted by molar-refractivity contribution is -0.110. The Morgan fingerprint density at radius 3 is 2.46 bits per heavy atom. The molecule has 1 rings (SSSR count). The highest BCUT2D eigenvalue weighted by Crippen LogP contribution is 2.21. The topological polar surface area (TPSA) is 37.3 Å². The average Bonchev–Trinajstić information content (AvgIpc) is 2.20. The van der Waals surface area contributed by atoms with Gasteiger partial charge in [-0.05, 0) is 11.5 Å². The van der Waals surface area contributed by atoms with Gasteiger partial charge in [-0.15, -0.1) is 0 Å². The largest absolute Gasteiger partial charge is 0.396 e. The number of rotatable bonds is 4. The Balaban J connectivity index is 2.84. The minimum atomic E-state index is -0.189. The second-order valence-electron chi connectivity index (χ2n) is 3.23. The zero-order valence-corrected chi connectivity index (χ0v) is 7.68. The predicted molar refractivity (Wildman–Crippen MR) is 51.5 cm³/mol. The van der Waals surface area contributed by atoms with Gasteiger partial charge in [0.1, 0.15) is 6.29 Å². The maximum absolute atomic E-state index is 10.8. The molecule has 0 saturated carbocycles. The third kappa shape index (κ3) is 2.39. The molecule has 1 aromatic rings. The van der Waals surface area contributed by atoms with Crippen molar-refractivity contribution in [1.29, 1.82) is 0 Å². The minimum absolute atomic E-state index is 0.0140. The highest BCUT2D eigenvalue weighted by molar-refractivity contribution is 5.62. The molecule has 2 unspecified atom stereocenters. The number of carbonyl (C=O) groups is 1. The molecule has 2 atom stereocenters. The summed E-state index contributed by atoms with van der Waals surface area (Å²) in [6, 6.07) is 9.53. The van der Waals surface area contributed by atoms with E-state index in [2.05, 4.69) is 0 Å². The maximum atomic E-state index is 10.8. The molecule has 0 radical (unpaired) electrons. The molecule has 2 heteroatoms. The zero-order chi connectivity index (χ0) is 9.68. The van der Waals surface area contributed by atoms with E-state index in [1.54, 1.807) is 0 Å². The van der Waals surface area contributed by atoms with E-state index in [0.717, 1.165) is 11.8 Å². The number of carbonyl (C=O) groups excluding carboxylic acids is 1. The number of benzene rings is 1. The van der Waals surface area contributed by atoms with Gasteiger partial charge in [0.15, 0.2) is 0 Å². The Bertz CT molecular complexity index is 256. The summed E-state index contributed by atoms with van der Waals surface area (Å²) in [6.07, 6.45) is 0.899. The van der Waals surface area contributed by atoms with E-state index in [1.807, 2.05) is 37.3 Å². The summed E-state index contributed by atoms with van der Waals surface area (Å²) in [5.74, 6) is -0.203.